The maximum Gasteiger partial charge on any atom is 0.348 e. The molecule has 10 nitrogen and oxygen atoms in total. The molecule has 2 N–H and O–H groups in total. The van der Waals surface area contributed by atoms with Crippen molar-refractivity contribution in [2.45, 2.75) is 20.3 Å². The molecule has 172 valence electrons. The zero-order chi connectivity index (χ0) is 23.5. The first-order chi connectivity index (χ1) is 15.9. The summed E-state index contributed by atoms with van der Waals surface area (Å²) < 4.78 is 20.7. The number of hydrogen-bond acceptors (Lipinski definition) is 9. The minimum Gasteiger partial charge on any atom is -0.465 e. The summed E-state index contributed by atoms with van der Waals surface area (Å²) in [4.78, 5) is 37.8. The smallest absolute Gasteiger partial charge is 0.348 e. The van der Waals surface area contributed by atoms with Crippen LogP contribution in [0.15, 0.2) is 24.3 Å². The van der Waals surface area contributed by atoms with E-state index < -0.39 is 17.8 Å². The van der Waals surface area contributed by atoms with Crippen molar-refractivity contribution in [1.29, 1.82) is 0 Å². The molecule has 0 saturated carbocycles. The number of ether oxygens (including phenoxy) is 4. The Kier molecular flexibility index (Phi) is 6.31. The van der Waals surface area contributed by atoms with E-state index in [1.54, 1.807) is 31.2 Å². The number of nitrogens with zero attached hydrogens (tertiary/aromatic N) is 1. The van der Waals surface area contributed by atoms with E-state index in [1.807, 2.05) is 6.92 Å². The summed E-state index contributed by atoms with van der Waals surface area (Å²) in [5.74, 6) is -0.516. The third kappa shape index (κ3) is 4.40. The van der Waals surface area contributed by atoms with Gasteiger partial charge < -0.3 is 24.3 Å². The van der Waals surface area contributed by atoms with Crippen LogP contribution in [0.3, 0.4) is 0 Å². The van der Waals surface area contributed by atoms with E-state index >= 15 is 0 Å². The van der Waals surface area contributed by atoms with Gasteiger partial charge in [-0.3, -0.25) is 9.89 Å². The Bertz CT molecular complexity index is 1230. The number of aromatic nitrogens is 2. The number of benzene rings is 1. The topological polar surface area (TPSA) is 129 Å². The van der Waals surface area contributed by atoms with E-state index in [-0.39, 0.29) is 34.5 Å². The fraction of sp³-hybridized carbons (Fsp3) is 0.273. The molecule has 2 aromatic heterocycles. The quantitative estimate of drug-likeness (QED) is 0.498. The van der Waals surface area contributed by atoms with Crippen molar-refractivity contribution < 1.29 is 33.3 Å². The molecule has 0 unspecified atom stereocenters. The summed E-state index contributed by atoms with van der Waals surface area (Å²) in [6, 6.07) is 6.92. The second-order valence-corrected chi connectivity index (χ2v) is 8.10. The van der Waals surface area contributed by atoms with Crippen LogP contribution in [0.2, 0.25) is 0 Å². The molecule has 0 spiro atoms. The molecule has 4 rings (SSSR count). The van der Waals surface area contributed by atoms with Crippen molar-refractivity contribution in [2.24, 2.45) is 0 Å². The predicted molar refractivity (Wildman–Crippen MR) is 119 cm³/mol. The Morgan fingerprint density at radius 2 is 1.97 bits per heavy atom. The summed E-state index contributed by atoms with van der Waals surface area (Å²) in [5, 5.41) is 9.76. The van der Waals surface area contributed by atoms with Gasteiger partial charge in [0.25, 0.3) is 5.91 Å². The number of H-pyrrole nitrogens is 1. The third-order valence-electron chi connectivity index (χ3n) is 4.88. The lowest BCUT2D eigenvalue weighted by Gasteiger charge is -2.07. The second kappa shape index (κ2) is 9.33. The van der Waals surface area contributed by atoms with Crippen LogP contribution in [0, 0.1) is 6.92 Å². The normalized spacial score (nSPS) is 11.8. The predicted octanol–water partition coefficient (Wildman–Crippen LogP) is 3.78. The number of esters is 2. The maximum absolute atomic E-state index is 12.9. The van der Waals surface area contributed by atoms with Gasteiger partial charge in [-0.05, 0) is 43.2 Å². The molecular weight excluding hydrogens is 450 g/mol. The lowest BCUT2D eigenvalue weighted by Crippen LogP contribution is -2.15. The summed E-state index contributed by atoms with van der Waals surface area (Å²) >= 11 is 0.948. The molecule has 0 fully saturated rings. The number of methoxy groups -OCH3 is 1. The zero-order valence-corrected chi connectivity index (χ0v) is 19.0. The third-order valence-corrected chi connectivity index (χ3v) is 6.06. The van der Waals surface area contributed by atoms with Gasteiger partial charge in [-0.25, -0.2) is 9.59 Å². The number of fused-ring (bicyclic) bond motifs is 1. The van der Waals surface area contributed by atoms with E-state index in [4.69, 9.17) is 18.9 Å². The van der Waals surface area contributed by atoms with Gasteiger partial charge >= 0.3 is 11.9 Å². The Morgan fingerprint density at radius 1 is 1.18 bits per heavy atom. The van der Waals surface area contributed by atoms with Crippen molar-refractivity contribution in [3.05, 3.63) is 46.0 Å². The van der Waals surface area contributed by atoms with E-state index in [2.05, 4.69) is 15.5 Å². The summed E-state index contributed by atoms with van der Waals surface area (Å²) in [6.45, 7) is 3.85. The molecule has 3 aromatic rings. The number of amides is 1. The molecule has 0 saturated heterocycles. The van der Waals surface area contributed by atoms with Crippen molar-refractivity contribution in [3.8, 4) is 22.8 Å². The van der Waals surface area contributed by atoms with Crippen molar-refractivity contribution >= 4 is 34.2 Å². The van der Waals surface area contributed by atoms with Crippen LogP contribution in [0.1, 0.15) is 49.4 Å². The average molecular weight is 471 g/mol. The van der Waals surface area contributed by atoms with Gasteiger partial charge in [0, 0.05) is 5.56 Å². The maximum atomic E-state index is 12.9. The SMILES string of the molecule is CCCOC(=O)c1c(NC(=O)c2cc(-c3ccc4c(c3)OCO4)n[nH]2)sc(C(=O)OC)c1C. The number of carbonyl (C=O) groups excluding carboxylic acids is 3. The first kappa shape index (κ1) is 22.3. The number of aromatic amines is 1. The van der Waals surface area contributed by atoms with Crippen molar-refractivity contribution in [3.63, 3.8) is 0 Å². The van der Waals surface area contributed by atoms with Gasteiger partial charge in [-0.2, -0.15) is 5.10 Å². The van der Waals surface area contributed by atoms with Gasteiger partial charge in [-0.15, -0.1) is 11.3 Å². The van der Waals surface area contributed by atoms with Crippen molar-refractivity contribution in [2.75, 3.05) is 25.8 Å². The number of thiophene rings is 1. The standard InChI is InChI=1S/C22H21N3O7S/c1-4-7-30-21(27)17-11(2)18(22(28)29-3)33-20(17)23-19(26)14-9-13(24-25-14)12-5-6-15-16(8-12)32-10-31-15/h5-6,8-9H,4,7,10H2,1-3H3,(H,23,26)(H,24,25). The van der Waals surface area contributed by atoms with Crippen LogP contribution in [0.25, 0.3) is 11.3 Å². The fourth-order valence-corrected chi connectivity index (χ4v) is 4.32. The molecule has 3 heterocycles. The zero-order valence-electron chi connectivity index (χ0n) is 18.1. The highest BCUT2D eigenvalue weighted by Gasteiger charge is 2.28. The molecule has 0 atom stereocenters. The van der Waals surface area contributed by atoms with Crippen LogP contribution in [-0.4, -0.2) is 48.6 Å². The molecule has 33 heavy (non-hydrogen) atoms. The Hall–Kier alpha value is -3.86. The Morgan fingerprint density at radius 3 is 2.73 bits per heavy atom. The molecule has 1 aliphatic rings. The molecule has 0 bridgehead atoms. The second-order valence-electron chi connectivity index (χ2n) is 7.08. The lowest BCUT2D eigenvalue weighted by atomic mass is 10.1. The van der Waals surface area contributed by atoms with E-state index in [1.165, 1.54) is 7.11 Å². The Labute approximate surface area is 192 Å². The van der Waals surface area contributed by atoms with E-state index in [9.17, 15) is 14.4 Å². The number of rotatable bonds is 7. The van der Waals surface area contributed by atoms with E-state index in [0.29, 0.717) is 29.2 Å². The average Bonchev–Trinajstić information content (AvgIpc) is 3.55. The van der Waals surface area contributed by atoms with Crippen LogP contribution in [0.5, 0.6) is 11.5 Å². The Balaban J connectivity index is 1.59. The first-order valence-corrected chi connectivity index (χ1v) is 10.9. The number of anilines is 1. The first-order valence-electron chi connectivity index (χ1n) is 10.1. The van der Waals surface area contributed by atoms with Gasteiger partial charge in [0.2, 0.25) is 6.79 Å². The van der Waals surface area contributed by atoms with Crippen LogP contribution >= 0.6 is 11.3 Å². The van der Waals surface area contributed by atoms with Gasteiger partial charge in [-0.1, -0.05) is 6.92 Å². The highest BCUT2D eigenvalue weighted by molar-refractivity contribution is 7.18. The van der Waals surface area contributed by atoms with Crippen LogP contribution in [-0.2, 0) is 9.47 Å². The minimum atomic E-state index is -0.623. The summed E-state index contributed by atoms with van der Waals surface area (Å²) in [7, 11) is 1.25. The molecule has 11 heteroatoms. The molecular formula is C22H21N3O7S. The van der Waals surface area contributed by atoms with Gasteiger partial charge in [0.15, 0.2) is 11.5 Å². The molecule has 1 aliphatic heterocycles. The minimum absolute atomic E-state index is 0.123. The number of nitrogens with one attached hydrogen (secondary N) is 2. The van der Waals surface area contributed by atoms with Gasteiger partial charge in [0.05, 0.1) is 25.0 Å². The fourth-order valence-electron chi connectivity index (χ4n) is 3.21. The number of carbonyl (C=O) groups is 3. The lowest BCUT2D eigenvalue weighted by molar-refractivity contribution is 0.0506. The van der Waals surface area contributed by atoms with Gasteiger partial charge in [0.1, 0.15) is 15.6 Å². The molecule has 0 aliphatic carbocycles. The largest absolute Gasteiger partial charge is 0.465 e. The van der Waals surface area contributed by atoms with Crippen molar-refractivity contribution in [1.82, 2.24) is 10.2 Å². The van der Waals surface area contributed by atoms with Crippen LogP contribution in [0.4, 0.5) is 5.00 Å². The van der Waals surface area contributed by atoms with Crippen LogP contribution < -0.4 is 14.8 Å². The highest BCUT2D eigenvalue weighted by Crippen LogP contribution is 2.36. The molecule has 1 aromatic carbocycles. The summed E-state index contributed by atoms with van der Waals surface area (Å²) in [5.41, 5.74) is 1.94. The molecule has 1 amide bonds. The van der Waals surface area contributed by atoms with E-state index in [0.717, 1.165) is 16.9 Å². The number of hydrogen-bond donors (Lipinski definition) is 2. The molecule has 0 radical (unpaired) electrons. The monoisotopic (exact) mass is 471 g/mol. The highest BCUT2D eigenvalue weighted by atomic mass is 32.1. The summed E-state index contributed by atoms with van der Waals surface area (Å²) in [6.07, 6.45) is 0.636.